The second-order valence-corrected chi connectivity index (χ2v) is 3.21. The van der Waals surface area contributed by atoms with Gasteiger partial charge in [-0.2, -0.15) is 0 Å². The van der Waals surface area contributed by atoms with E-state index >= 15 is 0 Å². The first-order valence-corrected chi connectivity index (χ1v) is 2.75. The van der Waals surface area contributed by atoms with Crippen molar-refractivity contribution < 1.29 is 9.19 Å². The van der Waals surface area contributed by atoms with Gasteiger partial charge in [0.15, 0.2) is 0 Å². The molecule has 0 heterocycles. The first-order chi connectivity index (χ1) is 2.94. The zero-order chi connectivity index (χ0) is 6.08. The SMILES string of the molecule is CC(C)[N+](C)(C)C.[F-]. The van der Waals surface area contributed by atoms with Crippen molar-refractivity contribution in [1.82, 2.24) is 0 Å². The Labute approximate surface area is 51.3 Å². The Bertz CT molecular complexity index is 54.0. The first-order valence-electron chi connectivity index (χ1n) is 2.75. The lowest BCUT2D eigenvalue weighted by Crippen LogP contribution is -3.00. The summed E-state index contributed by atoms with van der Waals surface area (Å²) in [4.78, 5) is 0. The fourth-order valence-electron chi connectivity index (χ4n) is 0. The molecule has 2 heteroatoms. The fourth-order valence-corrected chi connectivity index (χ4v) is 0. The van der Waals surface area contributed by atoms with Crippen LogP contribution in [0.25, 0.3) is 0 Å². The van der Waals surface area contributed by atoms with Gasteiger partial charge < -0.3 is 9.19 Å². The van der Waals surface area contributed by atoms with E-state index < -0.39 is 0 Å². The van der Waals surface area contributed by atoms with Gasteiger partial charge in [0.1, 0.15) is 0 Å². The average Bonchev–Trinajstić information content (AvgIpc) is 1.31. The van der Waals surface area contributed by atoms with E-state index in [4.69, 9.17) is 0 Å². The number of rotatable bonds is 1. The third-order valence-electron chi connectivity index (χ3n) is 1.55. The van der Waals surface area contributed by atoms with E-state index in [2.05, 4.69) is 35.0 Å². The molecule has 0 aliphatic heterocycles. The lowest BCUT2D eigenvalue weighted by molar-refractivity contribution is -0.891. The maximum absolute atomic E-state index is 2.22. The van der Waals surface area contributed by atoms with Crippen molar-refractivity contribution >= 4 is 0 Å². The molecule has 52 valence electrons. The van der Waals surface area contributed by atoms with Crippen molar-refractivity contribution in [2.75, 3.05) is 21.1 Å². The topological polar surface area (TPSA) is 0 Å². The Kier molecular flexibility index (Phi) is 4.08. The van der Waals surface area contributed by atoms with Crippen molar-refractivity contribution in [2.45, 2.75) is 19.9 Å². The monoisotopic (exact) mass is 121 g/mol. The van der Waals surface area contributed by atoms with E-state index in [1.54, 1.807) is 0 Å². The van der Waals surface area contributed by atoms with Gasteiger partial charge >= 0.3 is 0 Å². The van der Waals surface area contributed by atoms with Gasteiger partial charge in [-0.15, -0.1) is 0 Å². The summed E-state index contributed by atoms with van der Waals surface area (Å²) in [7, 11) is 6.60. The molecule has 0 unspecified atom stereocenters. The van der Waals surface area contributed by atoms with Crippen molar-refractivity contribution in [3.63, 3.8) is 0 Å². The van der Waals surface area contributed by atoms with Gasteiger partial charge in [-0.3, -0.25) is 0 Å². The average molecular weight is 121 g/mol. The maximum Gasteiger partial charge on any atom is 0.0827 e. The summed E-state index contributed by atoms with van der Waals surface area (Å²) in [6, 6.07) is 0.736. The zero-order valence-electron chi connectivity index (χ0n) is 6.40. The van der Waals surface area contributed by atoms with Crippen LogP contribution >= 0.6 is 0 Å². The third-order valence-corrected chi connectivity index (χ3v) is 1.55. The molecule has 0 radical (unpaired) electrons. The number of nitrogens with zero attached hydrogens (tertiary/aromatic N) is 1. The molecule has 0 aromatic rings. The number of halogens is 1. The predicted octanol–water partition coefficient (Wildman–Crippen LogP) is -1.89. The minimum atomic E-state index is 0. The molecule has 0 N–H and O–H groups in total. The molecular weight excluding hydrogens is 105 g/mol. The largest absolute Gasteiger partial charge is 1.00 e. The highest BCUT2D eigenvalue weighted by molar-refractivity contribution is 4.31. The molecule has 0 amide bonds. The Balaban J connectivity index is 0. The highest BCUT2D eigenvalue weighted by atomic mass is 19.0. The van der Waals surface area contributed by atoms with Crippen LogP contribution in [0, 0.1) is 0 Å². The molecule has 0 aromatic heterocycles. The minimum Gasteiger partial charge on any atom is -1.00 e. The summed E-state index contributed by atoms with van der Waals surface area (Å²) < 4.78 is 1.06. The number of hydrogen-bond donors (Lipinski definition) is 0. The molecule has 0 saturated heterocycles. The van der Waals surface area contributed by atoms with Crippen LogP contribution in [0.2, 0.25) is 0 Å². The Morgan fingerprint density at radius 1 is 1.00 bits per heavy atom. The van der Waals surface area contributed by atoms with E-state index in [9.17, 15) is 0 Å². The smallest absolute Gasteiger partial charge is 0.0827 e. The van der Waals surface area contributed by atoms with Gasteiger partial charge in [-0.1, -0.05) is 0 Å². The lowest BCUT2D eigenvalue weighted by atomic mass is 10.3. The molecule has 0 aliphatic carbocycles. The summed E-state index contributed by atoms with van der Waals surface area (Å²) in [6.07, 6.45) is 0. The number of quaternary nitrogens is 1. The van der Waals surface area contributed by atoms with Gasteiger partial charge in [-0.25, -0.2) is 0 Å². The van der Waals surface area contributed by atoms with Gasteiger partial charge in [0, 0.05) is 0 Å². The highest BCUT2D eigenvalue weighted by Crippen LogP contribution is 1.97. The summed E-state index contributed by atoms with van der Waals surface area (Å²) in [5.41, 5.74) is 0. The van der Waals surface area contributed by atoms with Crippen LogP contribution in [-0.4, -0.2) is 31.7 Å². The van der Waals surface area contributed by atoms with Crippen LogP contribution in [0.4, 0.5) is 0 Å². The van der Waals surface area contributed by atoms with Crippen LogP contribution in [-0.2, 0) is 0 Å². The molecule has 0 aliphatic rings. The summed E-state index contributed by atoms with van der Waals surface area (Å²) >= 11 is 0. The van der Waals surface area contributed by atoms with E-state index in [0.29, 0.717) is 0 Å². The van der Waals surface area contributed by atoms with Crippen LogP contribution in [0.1, 0.15) is 13.8 Å². The van der Waals surface area contributed by atoms with E-state index in [1.165, 1.54) is 0 Å². The van der Waals surface area contributed by atoms with Crippen molar-refractivity contribution in [3.8, 4) is 0 Å². The fraction of sp³-hybridized carbons (Fsp3) is 1.00. The normalized spacial score (nSPS) is 11.2. The molecule has 0 rings (SSSR count). The maximum atomic E-state index is 2.22. The van der Waals surface area contributed by atoms with Crippen molar-refractivity contribution in [1.29, 1.82) is 0 Å². The van der Waals surface area contributed by atoms with E-state index in [-0.39, 0.29) is 4.70 Å². The third kappa shape index (κ3) is 4.06. The molecule has 0 spiro atoms. The van der Waals surface area contributed by atoms with Crippen molar-refractivity contribution in [3.05, 3.63) is 0 Å². The summed E-state index contributed by atoms with van der Waals surface area (Å²) in [6.45, 7) is 4.44. The van der Waals surface area contributed by atoms with Gasteiger partial charge in [0.05, 0.1) is 27.2 Å². The molecule has 0 aromatic carbocycles. The Hall–Kier alpha value is -0.110. The first kappa shape index (κ1) is 10.8. The van der Waals surface area contributed by atoms with E-state index in [1.807, 2.05) is 0 Å². The second-order valence-electron chi connectivity index (χ2n) is 3.21. The highest BCUT2D eigenvalue weighted by Gasteiger charge is 2.10. The molecular formula is C6H16FN. The number of hydrogen-bond acceptors (Lipinski definition) is 0. The Morgan fingerprint density at radius 2 is 1.12 bits per heavy atom. The quantitative estimate of drug-likeness (QED) is 0.356. The van der Waals surface area contributed by atoms with Gasteiger partial charge in [0.25, 0.3) is 0 Å². The predicted molar refractivity (Wildman–Crippen MR) is 33.2 cm³/mol. The second kappa shape index (κ2) is 3.02. The summed E-state index contributed by atoms with van der Waals surface area (Å²) in [5.74, 6) is 0. The molecule has 1 nitrogen and oxygen atoms in total. The van der Waals surface area contributed by atoms with Gasteiger partial charge in [0.2, 0.25) is 0 Å². The summed E-state index contributed by atoms with van der Waals surface area (Å²) in [5, 5.41) is 0. The van der Waals surface area contributed by atoms with E-state index in [0.717, 1.165) is 10.5 Å². The Morgan fingerprint density at radius 3 is 1.12 bits per heavy atom. The zero-order valence-corrected chi connectivity index (χ0v) is 6.40. The molecule has 8 heavy (non-hydrogen) atoms. The molecule has 0 atom stereocenters. The van der Waals surface area contributed by atoms with Crippen LogP contribution < -0.4 is 4.70 Å². The lowest BCUT2D eigenvalue weighted by Gasteiger charge is -2.28. The standard InChI is InChI=1S/C6H16N.FH/c1-6(2)7(3,4)5;/h6H,1-5H3;1H/q+1;/p-1. The molecule has 0 fully saturated rings. The molecule has 0 saturated carbocycles. The minimum absolute atomic E-state index is 0. The van der Waals surface area contributed by atoms with Gasteiger partial charge in [-0.05, 0) is 13.8 Å². The van der Waals surface area contributed by atoms with Crippen LogP contribution in [0.5, 0.6) is 0 Å². The van der Waals surface area contributed by atoms with Crippen molar-refractivity contribution in [2.24, 2.45) is 0 Å². The van der Waals surface area contributed by atoms with Crippen LogP contribution in [0.3, 0.4) is 0 Å². The van der Waals surface area contributed by atoms with Crippen LogP contribution in [0.15, 0.2) is 0 Å². The molecule has 0 bridgehead atoms.